The normalized spacial score (nSPS) is 10.6. The van der Waals surface area contributed by atoms with Crippen molar-refractivity contribution in [2.75, 3.05) is 7.05 Å². The van der Waals surface area contributed by atoms with Gasteiger partial charge in [-0.3, -0.25) is 4.79 Å². The number of hydrogen-bond acceptors (Lipinski definition) is 4. The number of halogens is 1. The lowest BCUT2D eigenvalue weighted by molar-refractivity contribution is 0.205. The highest BCUT2D eigenvalue weighted by Gasteiger charge is 2.10. The fraction of sp³-hybridized carbons (Fsp3) is 0.176. The van der Waals surface area contributed by atoms with E-state index in [0.717, 1.165) is 15.6 Å². The molecule has 0 aliphatic heterocycles. The van der Waals surface area contributed by atoms with Crippen LogP contribution in [0.15, 0.2) is 52.1 Å². The van der Waals surface area contributed by atoms with Gasteiger partial charge < -0.3 is 15.2 Å². The van der Waals surface area contributed by atoms with Crippen LogP contribution in [0.1, 0.15) is 11.4 Å². The zero-order valence-electron chi connectivity index (χ0n) is 13.5. The van der Waals surface area contributed by atoms with Crippen LogP contribution >= 0.6 is 15.9 Å². The van der Waals surface area contributed by atoms with Crippen molar-refractivity contribution >= 4 is 32.9 Å². The molecule has 3 rings (SSSR count). The number of hydrogen-bond donors (Lipinski definition) is 2. The Morgan fingerprint density at radius 3 is 2.80 bits per heavy atom. The summed E-state index contributed by atoms with van der Waals surface area (Å²) in [6.07, 6.45) is 4.90. The van der Waals surface area contributed by atoms with Crippen molar-refractivity contribution in [2.24, 2.45) is 0 Å². The van der Waals surface area contributed by atoms with Crippen molar-refractivity contribution in [3.05, 3.63) is 68.9 Å². The number of nitrogens with zero attached hydrogens (tertiary/aromatic N) is 3. The third kappa shape index (κ3) is 4.21. The van der Waals surface area contributed by atoms with Gasteiger partial charge in [0, 0.05) is 49.2 Å². The van der Waals surface area contributed by atoms with Crippen molar-refractivity contribution in [1.29, 1.82) is 0 Å². The third-order valence-corrected chi connectivity index (χ3v) is 4.08. The second kappa shape index (κ2) is 7.43. The molecule has 0 atom stereocenters. The lowest BCUT2D eigenvalue weighted by Gasteiger charge is -2.17. The first kappa shape index (κ1) is 17.1. The molecule has 1 aromatic carbocycles. The number of urea groups is 1. The highest BCUT2D eigenvalue weighted by molar-refractivity contribution is 9.10. The van der Waals surface area contributed by atoms with Crippen molar-refractivity contribution in [3.8, 4) is 0 Å². The summed E-state index contributed by atoms with van der Waals surface area (Å²) in [5, 5.41) is 3.47. The Kier molecular flexibility index (Phi) is 5.08. The zero-order valence-corrected chi connectivity index (χ0v) is 15.1. The number of rotatable bonds is 4. The van der Waals surface area contributed by atoms with Gasteiger partial charge in [-0.1, -0.05) is 6.07 Å². The van der Waals surface area contributed by atoms with Gasteiger partial charge in [0.25, 0.3) is 0 Å². The number of H-pyrrole nitrogens is 1. The highest BCUT2D eigenvalue weighted by atomic mass is 79.9. The maximum Gasteiger partial charge on any atom is 0.317 e. The Bertz CT molecular complexity index is 955. The van der Waals surface area contributed by atoms with Gasteiger partial charge in [0.1, 0.15) is 5.82 Å². The van der Waals surface area contributed by atoms with E-state index in [9.17, 15) is 9.59 Å². The molecule has 0 unspecified atom stereocenters. The predicted molar refractivity (Wildman–Crippen MR) is 98.0 cm³/mol. The number of benzene rings is 1. The summed E-state index contributed by atoms with van der Waals surface area (Å²) in [6, 6.07) is 6.70. The molecule has 2 N–H and O–H groups in total. The van der Waals surface area contributed by atoms with Crippen LogP contribution in [-0.2, 0) is 13.1 Å². The smallest absolute Gasteiger partial charge is 0.317 e. The van der Waals surface area contributed by atoms with Gasteiger partial charge in [-0.25, -0.2) is 14.8 Å². The first-order chi connectivity index (χ1) is 12.0. The minimum absolute atomic E-state index is 0.0291. The van der Waals surface area contributed by atoms with Crippen LogP contribution < -0.4 is 10.7 Å². The molecule has 2 amide bonds. The largest absolute Gasteiger partial charge is 0.361 e. The standard InChI is InChI=1S/C17H16BrN5O2/c1-23(10-16-20-8-12(18)9-21-16)17(25)22-7-11-2-3-13-14(6-11)19-5-4-15(13)24/h2-6,8-9H,7,10H2,1H3,(H,19,24)(H,22,25). The average molecular weight is 402 g/mol. The topological polar surface area (TPSA) is 91.0 Å². The van der Waals surface area contributed by atoms with Gasteiger partial charge in [-0.15, -0.1) is 0 Å². The Labute approximate surface area is 152 Å². The molecule has 25 heavy (non-hydrogen) atoms. The quantitative estimate of drug-likeness (QED) is 0.702. The molecule has 128 valence electrons. The van der Waals surface area contributed by atoms with E-state index >= 15 is 0 Å². The molecule has 0 aliphatic carbocycles. The molecule has 0 fully saturated rings. The Hall–Kier alpha value is -2.74. The summed E-state index contributed by atoms with van der Waals surface area (Å²) in [7, 11) is 1.68. The summed E-state index contributed by atoms with van der Waals surface area (Å²) < 4.78 is 0.790. The van der Waals surface area contributed by atoms with Crippen LogP contribution in [0.4, 0.5) is 4.79 Å². The van der Waals surface area contributed by atoms with Crippen LogP contribution in [0.2, 0.25) is 0 Å². The van der Waals surface area contributed by atoms with E-state index in [2.05, 4.69) is 36.2 Å². The molecule has 3 aromatic rings. The molecule has 7 nitrogen and oxygen atoms in total. The maximum atomic E-state index is 12.2. The Morgan fingerprint density at radius 2 is 2.04 bits per heavy atom. The van der Waals surface area contributed by atoms with Gasteiger partial charge >= 0.3 is 6.03 Å². The minimum atomic E-state index is -0.229. The maximum absolute atomic E-state index is 12.2. The van der Waals surface area contributed by atoms with E-state index in [0.29, 0.717) is 24.3 Å². The molecule has 0 spiro atoms. The SMILES string of the molecule is CN(Cc1ncc(Br)cn1)C(=O)NCc1ccc2c(=O)cc[nH]c2c1. The molecule has 0 aliphatic rings. The first-order valence-electron chi connectivity index (χ1n) is 7.58. The number of aromatic nitrogens is 3. The van der Waals surface area contributed by atoms with Gasteiger partial charge in [0.2, 0.25) is 0 Å². The Balaban J connectivity index is 1.61. The molecular weight excluding hydrogens is 386 g/mol. The number of aromatic amines is 1. The van der Waals surface area contributed by atoms with E-state index in [1.54, 1.807) is 31.7 Å². The van der Waals surface area contributed by atoms with Crippen molar-refractivity contribution in [2.45, 2.75) is 13.1 Å². The molecule has 8 heteroatoms. The van der Waals surface area contributed by atoms with Gasteiger partial charge in [0.15, 0.2) is 5.43 Å². The van der Waals surface area contributed by atoms with E-state index in [-0.39, 0.29) is 11.5 Å². The van der Waals surface area contributed by atoms with Crippen molar-refractivity contribution < 1.29 is 4.79 Å². The van der Waals surface area contributed by atoms with Gasteiger partial charge in [-0.05, 0) is 33.6 Å². The van der Waals surface area contributed by atoms with Crippen LogP contribution in [0, 0.1) is 0 Å². The summed E-state index contributed by atoms with van der Waals surface area (Å²) >= 11 is 3.27. The van der Waals surface area contributed by atoms with E-state index in [4.69, 9.17) is 0 Å². The lowest BCUT2D eigenvalue weighted by Crippen LogP contribution is -2.36. The molecular formula is C17H16BrN5O2. The summed E-state index contributed by atoms with van der Waals surface area (Å²) in [5.41, 5.74) is 1.62. The van der Waals surface area contributed by atoms with Gasteiger partial charge in [0.05, 0.1) is 11.0 Å². The van der Waals surface area contributed by atoms with Gasteiger partial charge in [-0.2, -0.15) is 0 Å². The predicted octanol–water partition coefficient (Wildman–Crippen LogP) is 2.42. The zero-order chi connectivity index (χ0) is 17.8. The molecule has 2 aromatic heterocycles. The molecule has 2 heterocycles. The lowest BCUT2D eigenvalue weighted by atomic mass is 10.1. The number of amides is 2. The van der Waals surface area contributed by atoms with Crippen molar-refractivity contribution in [1.82, 2.24) is 25.2 Å². The van der Waals surface area contributed by atoms with E-state index in [1.165, 1.54) is 11.0 Å². The van der Waals surface area contributed by atoms with Crippen LogP contribution in [-0.4, -0.2) is 32.9 Å². The fourth-order valence-corrected chi connectivity index (χ4v) is 2.55. The number of nitrogens with one attached hydrogen (secondary N) is 2. The number of pyridine rings is 1. The summed E-state index contributed by atoms with van der Waals surface area (Å²) in [6.45, 7) is 0.668. The van der Waals surface area contributed by atoms with Crippen LogP contribution in [0.25, 0.3) is 10.9 Å². The monoisotopic (exact) mass is 401 g/mol. The van der Waals surface area contributed by atoms with Crippen LogP contribution in [0.3, 0.4) is 0 Å². The number of fused-ring (bicyclic) bond motifs is 1. The van der Waals surface area contributed by atoms with E-state index < -0.39 is 0 Å². The first-order valence-corrected chi connectivity index (χ1v) is 8.38. The fourth-order valence-electron chi connectivity index (χ4n) is 2.35. The summed E-state index contributed by atoms with van der Waals surface area (Å²) in [4.78, 5) is 36.8. The molecule has 0 saturated heterocycles. The van der Waals surface area contributed by atoms with E-state index in [1.807, 2.05) is 12.1 Å². The van der Waals surface area contributed by atoms with Crippen molar-refractivity contribution in [3.63, 3.8) is 0 Å². The molecule has 0 saturated carbocycles. The minimum Gasteiger partial charge on any atom is -0.361 e. The third-order valence-electron chi connectivity index (χ3n) is 3.67. The average Bonchev–Trinajstić information content (AvgIpc) is 2.61. The Morgan fingerprint density at radius 1 is 1.28 bits per heavy atom. The molecule has 0 bridgehead atoms. The number of carbonyl (C=O) groups excluding carboxylic acids is 1. The molecule has 0 radical (unpaired) electrons. The number of carbonyl (C=O) groups is 1. The summed E-state index contributed by atoms with van der Waals surface area (Å²) in [5.74, 6) is 0.559. The van der Waals surface area contributed by atoms with Crippen LogP contribution in [0.5, 0.6) is 0 Å². The second-order valence-electron chi connectivity index (χ2n) is 5.55. The second-order valence-corrected chi connectivity index (χ2v) is 6.47. The highest BCUT2D eigenvalue weighted by Crippen LogP contribution is 2.10.